The molecule has 574 valence electrons. The van der Waals surface area contributed by atoms with Crippen LogP contribution in [0, 0.1) is 46.5 Å². The number of anilines is 4. The highest BCUT2D eigenvalue weighted by atomic mass is 79.9. The van der Waals surface area contributed by atoms with Gasteiger partial charge >= 0.3 is 7.12 Å². The number of rotatable bonds is 15. The summed E-state index contributed by atoms with van der Waals surface area (Å²) in [5.74, 6) is -6.53. The van der Waals surface area contributed by atoms with Crippen LogP contribution in [0.15, 0.2) is 185 Å². The summed E-state index contributed by atoms with van der Waals surface area (Å²) >= 11 is 14.3. The maximum Gasteiger partial charge on any atom is 0.497 e. The van der Waals surface area contributed by atoms with Crippen LogP contribution < -0.4 is 28.0 Å². The van der Waals surface area contributed by atoms with Gasteiger partial charge in [-0.1, -0.05) is 45.9 Å². The van der Waals surface area contributed by atoms with Crippen molar-refractivity contribution < 1.29 is 54.0 Å². The first kappa shape index (κ1) is 82.9. The minimum atomic E-state index is -1.12. The zero-order valence-electron chi connectivity index (χ0n) is 60.4. The van der Waals surface area contributed by atoms with Crippen molar-refractivity contribution in [1.82, 2.24) is 59.1 Å². The second-order valence-electron chi connectivity index (χ2n) is 24.8. The third-order valence-corrected chi connectivity index (χ3v) is 20.8. The molecule has 1 saturated heterocycles. The van der Waals surface area contributed by atoms with Crippen molar-refractivity contribution in [2.24, 2.45) is 0 Å². The normalized spacial score (nSPS) is 12.4. The number of halogens is 10. The smallest absolute Gasteiger partial charge is 0.399 e. The van der Waals surface area contributed by atoms with Gasteiger partial charge in [0.1, 0.15) is 57.7 Å². The second-order valence-corrected chi connectivity index (χ2v) is 29.5. The van der Waals surface area contributed by atoms with Gasteiger partial charge < -0.3 is 31.8 Å². The summed E-state index contributed by atoms with van der Waals surface area (Å²) in [6.45, 7) is 15.7. The van der Waals surface area contributed by atoms with Crippen LogP contribution in [0.3, 0.4) is 0 Å². The number of nitrogens with two attached hydrogens (primary N) is 3. The van der Waals surface area contributed by atoms with E-state index < -0.39 is 75.5 Å². The van der Waals surface area contributed by atoms with E-state index in [0.717, 1.165) is 110 Å². The molecule has 0 bridgehead atoms. The summed E-state index contributed by atoms with van der Waals surface area (Å²) in [7, 11) is -0.680. The summed E-state index contributed by atoms with van der Waals surface area (Å²) in [6.07, 6.45) is 17.1. The summed E-state index contributed by atoms with van der Waals surface area (Å²) in [4.78, 5) is 39.4. The number of nitrogens with zero attached hydrogens (tertiary/aromatic N) is 12. The molecule has 0 saturated carbocycles. The number of hydrogen-bond acceptors (Lipinski definition) is 19. The first-order chi connectivity index (χ1) is 53.0. The minimum Gasteiger partial charge on any atom is -0.399 e. The lowest BCUT2D eigenvalue weighted by molar-refractivity contribution is 0.00578. The van der Waals surface area contributed by atoms with Crippen LogP contribution >= 0.6 is 72.9 Å². The Balaban J connectivity index is 0.000000146. The fourth-order valence-corrected chi connectivity index (χ4v) is 13.6. The van der Waals surface area contributed by atoms with Crippen LogP contribution in [-0.4, -0.2) is 88.5 Å². The fraction of sp³-hybridized carbons (Fsp3) is 0.184. The SMILES string of the molecule is CC1(C)OB(c2ccc(N)cc2F)OC1(C)C.CCc1nn(-c2nccs2)cc1-c1ccc(N)cc1F.CCc1nn(-c2nccs2)cc1-c1ccc(N)cc1F.CCc1nn(-c2nccs2)cc1-c1ccc(NC(=O)c2c(F)cccc2F)cc1F.CCc1nn(-c2nccs2)cc1Br.O=C(Cl)c1c(F)cccc1F. The van der Waals surface area contributed by atoms with Crippen molar-refractivity contribution in [3.8, 4) is 53.9 Å². The lowest BCUT2D eigenvalue weighted by Crippen LogP contribution is -2.41. The van der Waals surface area contributed by atoms with E-state index in [1.807, 2.05) is 88.6 Å². The number of nitrogens with one attached hydrogen (secondary N) is 1. The van der Waals surface area contributed by atoms with E-state index in [-0.39, 0.29) is 17.3 Å². The first-order valence-electron chi connectivity index (χ1n) is 33.8. The quantitative estimate of drug-likeness (QED) is 0.0322. The first-order valence-corrected chi connectivity index (χ1v) is 38.5. The average molecular weight is 1680 g/mol. The average Bonchev–Trinajstić information content (AvgIpc) is 1.63. The van der Waals surface area contributed by atoms with Gasteiger partial charge in [0, 0.05) is 133 Å². The van der Waals surface area contributed by atoms with Crippen LogP contribution in [0.5, 0.6) is 0 Å². The van der Waals surface area contributed by atoms with Gasteiger partial charge in [-0.2, -0.15) is 20.4 Å². The Labute approximate surface area is 661 Å². The van der Waals surface area contributed by atoms with Gasteiger partial charge in [-0.25, -0.2) is 73.8 Å². The number of hydrogen-bond donors (Lipinski definition) is 4. The van der Waals surface area contributed by atoms with Crippen molar-refractivity contribution in [1.29, 1.82) is 0 Å². The number of carbonyl (C=O) groups excluding carboxylic acids is 2. The zero-order chi connectivity index (χ0) is 80.0. The van der Waals surface area contributed by atoms with Crippen molar-refractivity contribution in [2.75, 3.05) is 22.5 Å². The Morgan fingerprint density at radius 1 is 0.450 bits per heavy atom. The number of amides is 1. The molecule has 0 aliphatic carbocycles. The van der Waals surface area contributed by atoms with Gasteiger partial charge in [-0.15, -0.1) is 45.3 Å². The van der Waals surface area contributed by atoms with E-state index in [9.17, 15) is 44.7 Å². The molecule has 20 nitrogen and oxygen atoms in total. The molecule has 7 N–H and O–H groups in total. The number of aromatic nitrogens is 12. The molecule has 0 radical (unpaired) electrons. The van der Waals surface area contributed by atoms with Crippen LogP contribution in [0.1, 0.15) is 98.9 Å². The summed E-state index contributed by atoms with van der Waals surface area (Å²) in [5.41, 5.74) is 22.9. The Morgan fingerprint density at radius 3 is 1.10 bits per heavy atom. The van der Waals surface area contributed by atoms with Crippen LogP contribution in [0.2, 0.25) is 0 Å². The van der Waals surface area contributed by atoms with E-state index in [4.69, 9.17) is 38.1 Å². The lowest BCUT2D eigenvalue weighted by atomic mass is 9.78. The molecule has 1 fully saturated rings. The van der Waals surface area contributed by atoms with E-state index in [0.29, 0.717) is 62.0 Å². The Hall–Kier alpha value is -10.6. The van der Waals surface area contributed by atoms with Crippen molar-refractivity contribution >= 4 is 119 Å². The maximum absolute atomic E-state index is 14.9. The molecular formula is C76H69BBrClF8N16O4S4. The van der Waals surface area contributed by atoms with E-state index in [1.165, 1.54) is 64.3 Å². The summed E-state index contributed by atoms with van der Waals surface area (Å²) in [6, 6.07) is 24.2. The molecule has 1 aliphatic rings. The van der Waals surface area contributed by atoms with Crippen molar-refractivity contribution in [3.05, 3.63) is 265 Å². The van der Waals surface area contributed by atoms with Crippen molar-refractivity contribution in [3.63, 3.8) is 0 Å². The molecule has 9 heterocycles. The number of aryl methyl sites for hydroxylation is 4. The molecule has 0 unspecified atom stereocenters. The standard InChI is InChI=1S/C21H15F3N4OS.2C14H13FN4S.C12H17BFNO2.C8H8BrN3S.C7H3ClF2O/c1-2-18-14(11-28(27-18)21-25-8-9-30-21)13-7-6-12(10-17(13)24)26-20(29)19-15(22)4-3-5-16(19)23;2*1-2-13-11(10-4-3-9(16)7-12(10)15)8-19(18-13)14-17-5-6-20-14;1-11(2)12(3,4)17-13(16-11)9-6-5-8(15)7-10(9)14;1-2-7-6(9)5-12(11-7)8-10-3-4-13-8;8-7(11)6-4(9)2-1-3-5(6)10/h3-11H,2H2,1H3,(H,26,29);2*3-8H,2,16H2,1H3;5-7H,15H2,1-4H3;3-5H,2H2,1H3;1-3H. The number of benzene rings is 6. The molecule has 8 aromatic heterocycles. The highest BCUT2D eigenvalue weighted by molar-refractivity contribution is 9.10. The van der Waals surface area contributed by atoms with Crippen LogP contribution in [0.25, 0.3) is 53.9 Å². The molecule has 1 aliphatic heterocycles. The van der Waals surface area contributed by atoms with Gasteiger partial charge in [-0.3, -0.25) is 9.59 Å². The predicted molar refractivity (Wildman–Crippen MR) is 425 cm³/mol. The van der Waals surface area contributed by atoms with Crippen LogP contribution in [0.4, 0.5) is 57.9 Å². The second kappa shape index (κ2) is 37.0. The molecule has 15 rings (SSSR count). The highest BCUT2D eigenvalue weighted by Crippen LogP contribution is 2.38. The molecule has 1 amide bonds. The highest BCUT2D eigenvalue weighted by Gasteiger charge is 2.52. The van der Waals surface area contributed by atoms with Gasteiger partial charge in [0.2, 0.25) is 20.5 Å². The van der Waals surface area contributed by atoms with Crippen LogP contribution in [-0.2, 0) is 35.0 Å². The Bertz CT molecular complexity index is 5330. The summed E-state index contributed by atoms with van der Waals surface area (Å²) in [5, 5.41) is 29.6. The van der Waals surface area contributed by atoms with E-state index >= 15 is 0 Å². The molecule has 111 heavy (non-hydrogen) atoms. The predicted octanol–water partition coefficient (Wildman–Crippen LogP) is 18.5. The molecule has 14 aromatic rings. The molecule has 0 atom stereocenters. The zero-order valence-corrected chi connectivity index (χ0v) is 66.0. The monoisotopic (exact) mass is 1670 g/mol. The van der Waals surface area contributed by atoms with Gasteiger partial charge in [0.05, 0.1) is 38.5 Å². The van der Waals surface area contributed by atoms with Crippen molar-refractivity contribution in [2.45, 2.75) is 92.3 Å². The molecule has 35 heteroatoms. The molecule has 0 spiro atoms. The number of nitrogen functional groups attached to an aromatic ring is 3. The third kappa shape index (κ3) is 20.1. The third-order valence-electron chi connectivity index (χ3n) is 16.9. The topological polar surface area (TPSA) is 266 Å². The number of carbonyl (C=O) groups is 2. The van der Waals surface area contributed by atoms with Gasteiger partial charge in [0.25, 0.3) is 11.1 Å². The Morgan fingerprint density at radius 2 is 0.784 bits per heavy atom. The summed E-state index contributed by atoms with van der Waals surface area (Å²) < 4.78 is 129. The largest absolute Gasteiger partial charge is 0.497 e. The lowest BCUT2D eigenvalue weighted by Gasteiger charge is -2.32. The number of thiazole rings is 4. The fourth-order valence-electron chi connectivity index (χ4n) is 10.6. The maximum atomic E-state index is 14.9. The molecule has 6 aromatic carbocycles. The Kier molecular flexibility index (Phi) is 27.6. The minimum absolute atomic E-state index is 0.0780. The van der Waals surface area contributed by atoms with E-state index in [2.05, 4.69) is 68.5 Å². The van der Waals surface area contributed by atoms with Gasteiger partial charge in [-0.05, 0) is 172 Å². The molecular weight excluding hydrogens is 1610 g/mol. The van der Waals surface area contributed by atoms with E-state index in [1.54, 1.807) is 97.4 Å². The van der Waals surface area contributed by atoms with Gasteiger partial charge in [0.15, 0.2) is 0 Å².